The molecule has 2 aromatic carbocycles. The maximum absolute atomic E-state index is 13.0. The Morgan fingerprint density at radius 1 is 1.00 bits per heavy atom. The van der Waals surface area contributed by atoms with Crippen LogP contribution >= 0.6 is 0 Å². The molecule has 0 radical (unpaired) electrons. The van der Waals surface area contributed by atoms with Gasteiger partial charge < -0.3 is 5.11 Å². The van der Waals surface area contributed by atoms with Crippen molar-refractivity contribution in [1.29, 1.82) is 0 Å². The van der Waals surface area contributed by atoms with E-state index >= 15 is 0 Å². The van der Waals surface area contributed by atoms with E-state index in [0.717, 1.165) is 17.5 Å². The molecule has 0 fully saturated rings. The first kappa shape index (κ1) is 18.9. The molecule has 4 heteroatoms. The van der Waals surface area contributed by atoms with Crippen molar-refractivity contribution in [3.63, 3.8) is 0 Å². The summed E-state index contributed by atoms with van der Waals surface area (Å²) in [6.07, 6.45) is 1.33. The van der Waals surface area contributed by atoms with Crippen LogP contribution in [0.2, 0.25) is 0 Å². The minimum absolute atomic E-state index is 0.00485. The third-order valence-electron chi connectivity index (χ3n) is 4.65. The van der Waals surface area contributed by atoms with Gasteiger partial charge in [0, 0.05) is 6.54 Å². The Labute approximate surface area is 160 Å². The fraction of sp³-hybridized carbons (Fsp3) is 0.304. The van der Waals surface area contributed by atoms with Crippen LogP contribution in [0.3, 0.4) is 0 Å². The van der Waals surface area contributed by atoms with Crippen molar-refractivity contribution in [3.05, 3.63) is 81.8 Å². The third kappa shape index (κ3) is 4.27. The molecule has 0 amide bonds. The van der Waals surface area contributed by atoms with Gasteiger partial charge in [0.15, 0.2) is 5.75 Å². The molecule has 4 nitrogen and oxygen atoms in total. The highest BCUT2D eigenvalue weighted by Crippen LogP contribution is 2.30. The maximum Gasteiger partial charge on any atom is 0.278 e. The van der Waals surface area contributed by atoms with Gasteiger partial charge in [0.25, 0.3) is 5.56 Å². The maximum atomic E-state index is 13.0. The highest BCUT2D eigenvalue weighted by Gasteiger charge is 2.20. The number of aryl methyl sites for hydroxylation is 3. The van der Waals surface area contributed by atoms with E-state index < -0.39 is 0 Å². The highest BCUT2D eigenvalue weighted by atomic mass is 16.3. The molecule has 0 aliphatic carbocycles. The normalized spacial score (nSPS) is 11.1. The lowest BCUT2D eigenvalue weighted by molar-refractivity contribution is 0.425. The van der Waals surface area contributed by atoms with E-state index in [9.17, 15) is 9.90 Å². The van der Waals surface area contributed by atoms with Gasteiger partial charge in [0.2, 0.25) is 0 Å². The molecule has 1 aromatic heterocycles. The van der Waals surface area contributed by atoms with Gasteiger partial charge in [-0.15, -0.1) is 0 Å². The predicted molar refractivity (Wildman–Crippen MR) is 109 cm³/mol. The summed E-state index contributed by atoms with van der Waals surface area (Å²) in [4.78, 5) is 13.0. The Kier molecular flexibility index (Phi) is 5.75. The van der Waals surface area contributed by atoms with Crippen LogP contribution in [-0.4, -0.2) is 14.9 Å². The van der Waals surface area contributed by atoms with Crippen molar-refractivity contribution in [1.82, 2.24) is 9.78 Å². The summed E-state index contributed by atoms with van der Waals surface area (Å²) in [6, 6.07) is 17.8. The fourth-order valence-electron chi connectivity index (χ4n) is 3.25. The molecule has 27 heavy (non-hydrogen) atoms. The molecule has 0 bridgehead atoms. The Bertz CT molecular complexity index is 975. The molecule has 0 saturated carbocycles. The van der Waals surface area contributed by atoms with Gasteiger partial charge >= 0.3 is 0 Å². The second-order valence-corrected chi connectivity index (χ2v) is 7.35. The smallest absolute Gasteiger partial charge is 0.278 e. The van der Waals surface area contributed by atoms with Crippen molar-refractivity contribution in [3.8, 4) is 16.9 Å². The van der Waals surface area contributed by atoms with E-state index in [4.69, 9.17) is 0 Å². The molecule has 0 aliphatic rings. The minimum Gasteiger partial charge on any atom is -0.505 e. The number of rotatable bonds is 6. The molecule has 3 rings (SSSR count). The van der Waals surface area contributed by atoms with Crippen molar-refractivity contribution in [2.75, 3.05) is 0 Å². The third-order valence-corrected chi connectivity index (χ3v) is 4.65. The average molecular weight is 362 g/mol. The predicted octanol–water partition coefficient (Wildman–Crippen LogP) is 4.37. The Morgan fingerprint density at radius 3 is 2.33 bits per heavy atom. The SMILES string of the molecule is Cc1ccccc1-c1c(O)c(CCc2ccccc2)nn(CC(C)C)c1=O. The second-order valence-electron chi connectivity index (χ2n) is 7.35. The summed E-state index contributed by atoms with van der Waals surface area (Å²) in [5.41, 5.74) is 3.59. The molecule has 0 saturated heterocycles. The molecular formula is C23H26N2O2. The minimum atomic E-state index is -0.237. The summed E-state index contributed by atoms with van der Waals surface area (Å²) in [7, 11) is 0. The van der Waals surface area contributed by atoms with Crippen molar-refractivity contribution in [2.24, 2.45) is 5.92 Å². The number of hydrogen-bond donors (Lipinski definition) is 1. The first-order valence-corrected chi connectivity index (χ1v) is 9.40. The van der Waals surface area contributed by atoms with Gasteiger partial charge in [-0.1, -0.05) is 68.4 Å². The molecule has 3 aromatic rings. The zero-order valence-corrected chi connectivity index (χ0v) is 16.1. The number of hydrogen-bond acceptors (Lipinski definition) is 3. The Balaban J connectivity index is 2.09. The van der Waals surface area contributed by atoms with Crippen LogP contribution in [0.1, 0.15) is 30.7 Å². The van der Waals surface area contributed by atoms with Gasteiger partial charge in [-0.25, -0.2) is 4.68 Å². The zero-order valence-electron chi connectivity index (χ0n) is 16.1. The zero-order chi connectivity index (χ0) is 19.4. The van der Waals surface area contributed by atoms with Crippen LogP contribution in [0.5, 0.6) is 5.75 Å². The number of benzene rings is 2. The van der Waals surface area contributed by atoms with Crippen LogP contribution in [0.15, 0.2) is 59.4 Å². The van der Waals surface area contributed by atoms with Gasteiger partial charge in [0.05, 0.1) is 5.56 Å². The molecule has 0 unspecified atom stereocenters. The molecule has 0 aliphatic heterocycles. The molecule has 1 N–H and O–H groups in total. The summed E-state index contributed by atoms with van der Waals surface area (Å²) < 4.78 is 1.51. The first-order valence-electron chi connectivity index (χ1n) is 9.40. The lowest BCUT2D eigenvalue weighted by Gasteiger charge is -2.16. The van der Waals surface area contributed by atoms with Crippen LogP contribution in [-0.2, 0) is 19.4 Å². The summed E-state index contributed by atoms with van der Waals surface area (Å²) >= 11 is 0. The second kappa shape index (κ2) is 8.21. The fourth-order valence-corrected chi connectivity index (χ4v) is 3.25. The molecule has 0 atom stereocenters. The summed E-state index contributed by atoms with van der Waals surface area (Å²) in [5, 5.41) is 15.4. The number of aromatic hydroxyl groups is 1. The lowest BCUT2D eigenvalue weighted by Crippen LogP contribution is -2.28. The van der Waals surface area contributed by atoms with Gasteiger partial charge in [0.1, 0.15) is 5.69 Å². The molecule has 0 spiro atoms. The largest absolute Gasteiger partial charge is 0.505 e. The summed E-state index contributed by atoms with van der Waals surface area (Å²) in [6.45, 7) is 6.58. The molecular weight excluding hydrogens is 336 g/mol. The molecule has 140 valence electrons. The van der Waals surface area contributed by atoms with Crippen molar-refractivity contribution in [2.45, 2.75) is 40.2 Å². The highest BCUT2D eigenvalue weighted by molar-refractivity contribution is 5.72. The van der Waals surface area contributed by atoms with Crippen LogP contribution in [0, 0.1) is 12.8 Å². The topological polar surface area (TPSA) is 55.1 Å². The van der Waals surface area contributed by atoms with Gasteiger partial charge in [-0.05, 0) is 42.4 Å². The van der Waals surface area contributed by atoms with Crippen LogP contribution in [0.4, 0.5) is 0 Å². The van der Waals surface area contributed by atoms with Crippen LogP contribution < -0.4 is 5.56 Å². The number of nitrogens with zero attached hydrogens (tertiary/aromatic N) is 2. The standard InChI is InChI=1S/C23H26N2O2/c1-16(2)15-25-23(27)21(19-12-8-7-9-17(19)3)22(26)20(24-25)14-13-18-10-5-4-6-11-18/h4-12,16,26H,13-15H2,1-3H3. The monoisotopic (exact) mass is 362 g/mol. The van der Waals surface area contributed by atoms with E-state index in [1.807, 2.05) is 49.4 Å². The van der Waals surface area contributed by atoms with E-state index in [0.29, 0.717) is 24.2 Å². The van der Waals surface area contributed by atoms with Gasteiger partial charge in [-0.3, -0.25) is 4.79 Å². The Morgan fingerprint density at radius 2 is 1.67 bits per heavy atom. The lowest BCUT2D eigenvalue weighted by atomic mass is 9.99. The van der Waals surface area contributed by atoms with Crippen molar-refractivity contribution >= 4 is 0 Å². The van der Waals surface area contributed by atoms with E-state index in [1.54, 1.807) is 0 Å². The number of aromatic nitrogens is 2. The van der Waals surface area contributed by atoms with Crippen molar-refractivity contribution < 1.29 is 5.11 Å². The quantitative estimate of drug-likeness (QED) is 0.709. The van der Waals surface area contributed by atoms with E-state index in [1.165, 1.54) is 10.2 Å². The van der Waals surface area contributed by atoms with E-state index in [-0.39, 0.29) is 17.2 Å². The van der Waals surface area contributed by atoms with Gasteiger partial charge in [-0.2, -0.15) is 5.10 Å². The average Bonchev–Trinajstić information content (AvgIpc) is 2.65. The summed E-state index contributed by atoms with van der Waals surface area (Å²) in [5.74, 6) is 0.289. The van der Waals surface area contributed by atoms with E-state index in [2.05, 4.69) is 31.1 Å². The molecule has 1 heterocycles. The first-order chi connectivity index (χ1) is 13.0. The van der Waals surface area contributed by atoms with Crippen LogP contribution in [0.25, 0.3) is 11.1 Å². The Hall–Kier alpha value is -2.88.